The van der Waals surface area contributed by atoms with E-state index >= 15 is 0 Å². The summed E-state index contributed by atoms with van der Waals surface area (Å²) >= 11 is 1.48. The Bertz CT molecular complexity index is 682. The molecular weight excluding hydrogens is 258 g/mol. The van der Waals surface area contributed by atoms with Gasteiger partial charge in [-0.25, -0.2) is 9.97 Å². The lowest BCUT2D eigenvalue weighted by atomic mass is 10.1. The van der Waals surface area contributed by atoms with E-state index in [1.807, 2.05) is 49.5 Å². The molecule has 3 rings (SSSR count). The molecular formula is C14H13N3OS. The smallest absolute Gasteiger partial charge is 0.226 e. The third kappa shape index (κ3) is 1.73. The summed E-state index contributed by atoms with van der Waals surface area (Å²) in [6, 6.07) is 7.59. The number of fused-ring (bicyclic) bond motifs is 3. The first-order valence-electron chi connectivity index (χ1n) is 5.91. The van der Waals surface area contributed by atoms with Crippen LogP contribution in [0.1, 0.15) is 15.9 Å². The van der Waals surface area contributed by atoms with E-state index in [9.17, 15) is 4.79 Å². The maximum absolute atomic E-state index is 12.4. The molecule has 1 aromatic heterocycles. The molecule has 0 saturated heterocycles. The quantitative estimate of drug-likeness (QED) is 0.529. The van der Waals surface area contributed by atoms with E-state index in [0.717, 1.165) is 21.8 Å². The van der Waals surface area contributed by atoms with Crippen molar-refractivity contribution in [2.24, 2.45) is 0 Å². The highest BCUT2D eigenvalue weighted by molar-refractivity contribution is 7.98. The highest BCUT2D eigenvalue weighted by Crippen LogP contribution is 2.39. The van der Waals surface area contributed by atoms with Gasteiger partial charge in [0.1, 0.15) is 5.03 Å². The number of carbonyl (C=O) groups excluding carboxylic acids is 1. The molecule has 1 heterocycles. The first-order chi connectivity index (χ1) is 9.13. The maximum atomic E-state index is 12.4. The van der Waals surface area contributed by atoms with Crippen LogP contribution in [0, 0.1) is 0 Å². The summed E-state index contributed by atoms with van der Waals surface area (Å²) in [7, 11) is 3.79. The van der Waals surface area contributed by atoms with Gasteiger partial charge in [-0.2, -0.15) is 0 Å². The Morgan fingerprint density at radius 3 is 2.42 bits per heavy atom. The number of anilines is 1. The second-order valence-corrected chi connectivity index (χ2v) is 5.32. The van der Waals surface area contributed by atoms with E-state index in [0.29, 0.717) is 11.5 Å². The van der Waals surface area contributed by atoms with Gasteiger partial charge < -0.3 is 4.90 Å². The number of hydrogen-bond donors (Lipinski definition) is 0. The third-order valence-corrected chi connectivity index (χ3v) is 3.79. The van der Waals surface area contributed by atoms with Gasteiger partial charge >= 0.3 is 0 Å². The van der Waals surface area contributed by atoms with Crippen LogP contribution in [0.15, 0.2) is 29.3 Å². The number of rotatable bonds is 2. The summed E-state index contributed by atoms with van der Waals surface area (Å²) in [5.74, 6) is 0.660. The monoisotopic (exact) mass is 271 g/mol. The molecule has 1 aromatic carbocycles. The van der Waals surface area contributed by atoms with E-state index in [-0.39, 0.29) is 5.78 Å². The van der Waals surface area contributed by atoms with Gasteiger partial charge in [-0.3, -0.25) is 4.79 Å². The summed E-state index contributed by atoms with van der Waals surface area (Å²) in [6.07, 6.45) is 1.93. The molecule has 0 spiro atoms. The average Bonchev–Trinajstić information content (AvgIpc) is 2.72. The molecule has 0 saturated carbocycles. The predicted octanol–water partition coefficient (Wildman–Crippen LogP) is 2.48. The van der Waals surface area contributed by atoms with E-state index in [1.165, 1.54) is 11.8 Å². The number of aromatic nitrogens is 2. The first kappa shape index (κ1) is 12.2. The highest BCUT2D eigenvalue weighted by atomic mass is 32.2. The minimum atomic E-state index is 0.0280. The standard InChI is InChI=1S/C14H13N3OS/c1-17(2)14-15-11-8-6-4-5-7-9(8)12(18)10(11)13(16-14)19-3/h4-7H,1-3H3. The van der Waals surface area contributed by atoms with Gasteiger partial charge in [-0.15, -0.1) is 11.8 Å². The van der Waals surface area contributed by atoms with Crippen LogP contribution in [0.2, 0.25) is 0 Å². The number of nitrogens with zero attached hydrogens (tertiary/aromatic N) is 3. The fraction of sp³-hybridized carbons (Fsp3) is 0.214. The largest absolute Gasteiger partial charge is 0.347 e. The van der Waals surface area contributed by atoms with Crippen molar-refractivity contribution in [3.05, 3.63) is 35.4 Å². The second-order valence-electron chi connectivity index (χ2n) is 4.53. The zero-order valence-corrected chi connectivity index (χ0v) is 11.8. The molecule has 4 nitrogen and oxygen atoms in total. The molecule has 96 valence electrons. The Morgan fingerprint density at radius 1 is 1.11 bits per heavy atom. The Balaban J connectivity index is 2.33. The van der Waals surface area contributed by atoms with Gasteiger partial charge in [0.05, 0.1) is 11.3 Å². The van der Waals surface area contributed by atoms with Crippen LogP contribution < -0.4 is 4.90 Å². The molecule has 2 aromatic rings. The summed E-state index contributed by atoms with van der Waals surface area (Å²) < 4.78 is 0. The molecule has 1 aliphatic rings. The van der Waals surface area contributed by atoms with Crippen molar-refractivity contribution in [1.82, 2.24) is 9.97 Å². The van der Waals surface area contributed by atoms with Crippen molar-refractivity contribution in [3.8, 4) is 11.3 Å². The molecule has 0 aliphatic heterocycles. The lowest BCUT2D eigenvalue weighted by molar-refractivity contribution is 0.104. The Labute approximate surface area is 115 Å². The van der Waals surface area contributed by atoms with Crippen LogP contribution in [0.25, 0.3) is 11.3 Å². The maximum Gasteiger partial charge on any atom is 0.226 e. The van der Waals surface area contributed by atoms with Gasteiger partial charge in [0.25, 0.3) is 0 Å². The Hall–Kier alpha value is -1.88. The Morgan fingerprint density at radius 2 is 1.79 bits per heavy atom. The fourth-order valence-corrected chi connectivity index (χ4v) is 2.76. The zero-order chi connectivity index (χ0) is 13.6. The minimum Gasteiger partial charge on any atom is -0.347 e. The fourth-order valence-electron chi connectivity index (χ4n) is 2.20. The number of benzene rings is 1. The normalized spacial score (nSPS) is 12.3. The number of ketones is 1. The zero-order valence-electron chi connectivity index (χ0n) is 11.0. The van der Waals surface area contributed by atoms with Crippen molar-refractivity contribution in [2.75, 3.05) is 25.3 Å². The van der Waals surface area contributed by atoms with Crippen molar-refractivity contribution in [3.63, 3.8) is 0 Å². The van der Waals surface area contributed by atoms with Gasteiger partial charge in [-0.05, 0) is 6.26 Å². The molecule has 0 amide bonds. The second kappa shape index (κ2) is 4.35. The van der Waals surface area contributed by atoms with Crippen molar-refractivity contribution in [1.29, 1.82) is 0 Å². The Kier molecular flexibility index (Phi) is 2.78. The van der Waals surface area contributed by atoms with Crippen LogP contribution in [-0.2, 0) is 0 Å². The molecule has 5 heteroatoms. The highest BCUT2D eigenvalue weighted by Gasteiger charge is 2.31. The van der Waals surface area contributed by atoms with Gasteiger partial charge in [0.15, 0.2) is 5.78 Å². The third-order valence-electron chi connectivity index (χ3n) is 3.11. The van der Waals surface area contributed by atoms with Crippen molar-refractivity contribution < 1.29 is 4.79 Å². The summed E-state index contributed by atoms with van der Waals surface area (Å²) in [5.41, 5.74) is 3.02. The van der Waals surface area contributed by atoms with Crippen LogP contribution in [0.4, 0.5) is 5.95 Å². The van der Waals surface area contributed by atoms with E-state index in [1.54, 1.807) is 0 Å². The van der Waals surface area contributed by atoms with Crippen LogP contribution >= 0.6 is 11.8 Å². The average molecular weight is 271 g/mol. The van der Waals surface area contributed by atoms with Crippen molar-refractivity contribution in [2.45, 2.75) is 5.03 Å². The summed E-state index contributed by atoms with van der Waals surface area (Å²) in [5, 5.41) is 0.745. The first-order valence-corrected chi connectivity index (χ1v) is 7.13. The number of carbonyl (C=O) groups is 1. The number of hydrogen-bond acceptors (Lipinski definition) is 5. The van der Waals surface area contributed by atoms with E-state index in [4.69, 9.17) is 0 Å². The van der Waals surface area contributed by atoms with Crippen LogP contribution in [-0.4, -0.2) is 36.1 Å². The molecule has 0 atom stereocenters. The molecule has 19 heavy (non-hydrogen) atoms. The lowest BCUT2D eigenvalue weighted by Crippen LogP contribution is -2.14. The van der Waals surface area contributed by atoms with Gasteiger partial charge in [-0.1, -0.05) is 24.3 Å². The van der Waals surface area contributed by atoms with Gasteiger partial charge in [0.2, 0.25) is 5.95 Å². The van der Waals surface area contributed by atoms with Crippen molar-refractivity contribution >= 4 is 23.5 Å². The molecule has 1 aliphatic carbocycles. The molecule has 0 bridgehead atoms. The molecule has 0 unspecified atom stereocenters. The van der Waals surface area contributed by atoms with Gasteiger partial charge in [0, 0.05) is 25.2 Å². The van der Waals surface area contributed by atoms with E-state index in [2.05, 4.69) is 9.97 Å². The van der Waals surface area contributed by atoms with Crippen LogP contribution in [0.3, 0.4) is 0 Å². The topological polar surface area (TPSA) is 46.1 Å². The van der Waals surface area contributed by atoms with Crippen LogP contribution in [0.5, 0.6) is 0 Å². The molecule has 0 N–H and O–H groups in total. The predicted molar refractivity (Wildman–Crippen MR) is 77.0 cm³/mol. The minimum absolute atomic E-state index is 0.0280. The molecule has 0 fully saturated rings. The number of thioether (sulfide) groups is 1. The lowest BCUT2D eigenvalue weighted by Gasteiger charge is -2.13. The SMILES string of the molecule is CSc1nc(N(C)C)nc2c1C(=O)c1ccccc1-2. The summed E-state index contributed by atoms with van der Waals surface area (Å²) in [4.78, 5) is 23.3. The summed E-state index contributed by atoms with van der Waals surface area (Å²) in [6.45, 7) is 0. The molecule has 0 radical (unpaired) electrons. The van der Waals surface area contributed by atoms with E-state index < -0.39 is 0 Å².